The van der Waals surface area contributed by atoms with E-state index in [9.17, 15) is 13.2 Å². The van der Waals surface area contributed by atoms with E-state index in [2.05, 4.69) is 5.10 Å². The normalized spacial score (nSPS) is 13.7. The Morgan fingerprint density at radius 3 is 2.62 bits per heavy atom. The van der Waals surface area contributed by atoms with Gasteiger partial charge in [-0.3, -0.25) is 9.48 Å². The Kier molecular flexibility index (Phi) is 3.85. The van der Waals surface area contributed by atoms with Gasteiger partial charge in [0.2, 0.25) is 0 Å². The van der Waals surface area contributed by atoms with Crippen LogP contribution in [0.3, 0.4) is 0 Å². The van der Waals surface area contributed by atoms with Crippen molar-refractivity contribution in [1.82, 2.24) is 9.78 Å². The molecule has 0 bridgehead atoms. The van der Waals surface area contributed by atoms with Crippen LogP contribution in [0.1, 0.15) is 19.0 Å². The fourth-order valence-corrected chi connectivity index (χ4v) is 1.94. The van der Waals surface area contributed by atoms with Crippen molar-refractivity contribution in [3.8, 4) is 0 Å². The molecule has 1 aromatic heterocycles. The fraction of sp³-hybridized carbons (Fsp3) is 0.600. The molecule has 1 atom stereocenters. The highest BCUT2D eigenvalue weighted by Gasteiger charge is 2.22. The van der Waals surface area contributed by atoms with Crippen LogP contribution < -0.4 is 0 Å². The first kappa shape index (κ1) is 12.9. The first-order valence-electron chi connectivity index (χ1n) is 5.01. The maximum absolute atomic E-state index is 11.6. The lowest BCUT2D eigenvalue weighted by Crippen LogP contribution is -2.26. The molecule has 1 aromatic rings. The Morgan fingerprint density at radius 2 is 2.19 bits per heavy atom. The van der Waals surface area contributed by atoms with Gasteiger partial charge in [-0.2, -0.15) is 5.10 Å². The van der Waals surface area contributed by atoms with E-state index in [1.54, 1.807) is 17.9 Å². The first-order chi connectivity index (χ1) is 7.32. The van der Waals surface area contributed by atoms with Crippen LogP contribution in [-0.2, 0) is 28.1 Å². The highest BCUT2D eigenvalue weighted by molar-refractivity contribution is 7.92. The average molecular weight is 244 g/mol. The number of nitrogens with zero attached hydrogens (tertiary/aromatic N) is 2. The van der Waals surface area contributed by atoms with Crippen LogP contribution in [0.5, 0.6) is 0 Å². The van der Waals surface area contributed by atoms with E-state index in [0.29, 0.717) is 6.42 Å². The van der Waals surface area contributed by atoms with Gasteiger partial charge in [0, 0.05) is 31.6 Å². The molecule has 1 rings (SSSR count). The molecule has 0 saturated carbocycles. The quantitative estimate of drug-likeness (QED) is 0.749. The van der Waals surface area contributed by atoms with E-state index in [4.69, 9.17) is 0 Å². The monoisotopic (exact) mass is 244 g/mol. The van der Waals surface area contributed by atoms with Gasteiger partial charge in [-0.25, -0.2) is 8.42 Å². The number of rotatable bonds is 5. The summed E-state index contributed by atoms with van der Waals surface area (Å²) in [4.78, 5) is 11.6. The molecule has 1 unspecified atom stereocenters. The zero-order valence-corrected chi connectivity index (χ0v) is 10.5. The minimum atomic E-state index is -3.28. The van der Waals surface area contributed by atoms with Crippen molar-refractivity contribution in [3.63, 3.8) is 0 Å². The molecule has 0 saturated heterocycles. The van der Waals surface area contributed by atoms with Crippen LogP contribution in [0.4, 0.5) is 0 Å². The Labute approximate surface area is 95.4 Å². The summed E-state index contributed by atoms with van der Waals surface area (Å²) in [6.07, 6.45) is 3.49. The molecule has 90 valence electrons. The lowest BCUT2D eigenvalue weighted by molar-refractivity contribution is -0.118. The van der Waals surface area contributed by atoms with Crippen molar-refractivity contribution in [2.75, 3.05) is 6.26 Å². The van der Waals surface area contributed by atoms with Crippen LogP contribution >= 0.6 is 0 Å². The lowest BCUT2D eigenvalue weighted by atomic mass is 10.1. The number of carbonyl (C=O) groups excluding carboxylic acids is 1. The van der Waals surface area contributed by atoms with Crippen molar-refractivity contribution in [1.29, 1.82) is 0 Å². The van der Waals surface area contributed by atoms with Crippen LogP contribution in [0.15, 0.2) is 12.3 Å². The van der Waals surface area contributed by atoms with Crippen LogP contribution in [-0.4, -0.2) is 35.5 Å². The number of carbonyl (C=O) groups is 1. The number of sulfone groups is 1. The van der Waals surface area contributed by atoms with Crippen molar-refractivity contribution >= 4 is 15.6 Å². The van der Waals surface area contributed by atoms with Gasteiger partial charge in [0.05, 0.1) is 0 Å². The van der Waals surface area contributed by atoms with Crippen molar-refractivity contribution in [2.45, 2.75) is 25.0 Å². The molecule has 16 heavy (non-hydrogen) atoms. The van der Waals surface area contributed by atoms with Gasteiger partial charge in [0.1, 0.15) is 5.25 Å². The third kappa shape index (κ3) is 3.16. The van der Waals surface area contributed by atoms with E-state index >= 15 is 0 Å². The summed E-state index contributed by atoms with van der Waals surface area (Å²) in [5.74, 6) is -0.247. The molecular formula is C10H16N2O3S. The van der Waals surface area contributed by atoms with Crippen LogP contribution in [0.2, 0.25) is 0 Å². The zero-order chi connectivity index (χ0) is 12.3. The lowest BCUT2D eigenvalue weighted by Gasteiger charge is -2.07. The Morgan fingerprint density at radius 1 is 1.56 bits per heavy atom. The largest absolute Gasteiger partial charge is 0.298 e. The SMILES string of the molecule is CC(C(=O)CCc1ccnn1C)S(C)(=O)=O. The van der Waals surface area contributed by atoms with Gasteiger partial charge in [-0.1, -0.05) is 0 Å². The number of aromatic nitrogens is 2. The molecular weight excluding hydrogens is 228 g/mol. The molecule has 1 heterocycles. The molecule has 0 aliphatic heterocycles. The third-order valence-electron chi connectivity index (χ3n) is 2.65. The van der Waals surface area contributed by atoms with Gasteiger partial charge < -0.3 is 0 Å². The van der Waals surface area contributed by atoms with Crippen molar-refractivity contribution in [2.24, 2.45) is 7.05 Å². The fourth-order valence-electron chi connectivity index (χ4n) is 1.34. The zero-order valence-electron chi connectivity index (χ0n) is 9.67. The molecule has 0 aliphatic carbocycles. The van der Waals surface area contributed by atoms with Gasteiger partial charge in [-0.15, -0.1) is 0 Å². The van der Waals surface area contributed by atoms with E-state index in [0.717, 1.165) is 11.9 Å². The van der Waals surface area contributed by atoms with Crippen LogP contribution in [0.25, 0.3) is 0 Å². The summed E-state index contributed by atoms with van der Waals surface area (Å²) >= 11 is 0. The predicted molar refractivity (Wildman–Crippen MR) is 60.8 cm³/mol. The van der Waals surface area contributed by atoms with Gasteiger partial charge in [0.15, 0.2) is 15.6 Å². The van der Waals surface area contributed by atoms with E-state index in [1.165, 1.54) is 6.92 Å². The highest BCUT2D eigenvalue weighted by atomic mass is 32.2. The second kappa shape index (κ2) is 4.78. The highest BCUT2D eigenvalue weighted by Crippen LogP contribution is 2.07. The summed E-state index contributed by atoms with van der Waals surface area (Å²) in [6, 6.07) is 1.82. The molecule has 0 aliphatic rings. The minimum Gasteiger partial charge on any atom is -0.298 e. The van der Waals surface area contributed by atoms with Gasteiger partial charge in [-0.05, 0) is 19.4 Å². The third-order valence-corrected chi connectivity index (χ3v) is 4.19. The summed E-state index contributed by atoms with van der Waals surface area (Å²) in [7, 11) is -1.48. The number of ketones is 1. The maximum Gasteiger partial charge on any atom is 0.157 e. The molecule has 0 spiro atoms. The van der Waals surface area contributed by atoms with Crippen molar-refractivity contribution < 1.29 is 13.2 Å². The van der Waals surface area contributed by atoms with Crippen molar-refractivity contribution in [3.05, 3.63) is 18.0 Å². The Balaban J connectivity index is 2.58. The summed E-state index contributed by atoms with van der Waals surface area (Å²) < 4.78 is 24.0. The minimum absolute atomic E-state index is 0.230. The molecule has 0 fully saturated rings. The van der Waals surface area contributed by atoms with Gasteiger partial charge >= 0.3 is 0 Å². The second-order valence-corrected chi connectivity index (χ2v) is 6.25. The average Bonchev–Trinajstić information content (AvgIpc) is 2.58. The van der Waals surface area contributed by atoms with E-state index in [1.807, 2.05) is 6.07 Å². The molecule has 0 amide bonds. The predicted octanol–water partition coefficient (Wildman–Crippen LogP) is 0.355. The number of hydrogen-bond acceptors (Lipinski definition) is 4. The molecule has 5 nitrogen and oxygen atoms in total. The second-order valence-electron chi connectivity index (χ2n) is 3.88. The van der Waals surface area contributed by atoms with E-state index in [-0.39, 0.29) is 12.2 Å². The van der Waals surface area contributed by atoms with Gasteiger partial charge in [0.25, 0.3) is 0 Å². The maximum atomic E-state index is 11.6. The molecule has 6 heteroatoms. The topological polar surface area (TPSA) is 69.0 Å². The summed E-state index contributed by atoms with van der Waals surface area (Å²) in [5, 5.41) is 3.06. The summed E-state index contributed by atoms with van der Waals surface area (Å²) in [6.45, 7) is 1.43. The molecule has 0 aromatic carbocycles. The Hall–Kier alpha value is -1.17. The standard InChI is InChI=1S/C10H16N2O3S/c1-8(16(3,14)15)10(13)5-4-9-6-7-11-12(9)2/h6-8H,4-5H2,1-3H3. The van der Waals surface area contributed by atoms with Crippen LogP contribution in [0, 0.1) is 0 Å². The Bertz CT molecular complexity index is 476. The first-order valence-corrected chi connectivity index (χ1v) is 6.96. The smallest absolute Gasteiger partial charge is 0.157 e. The number of Topliss-reactive ketones (excluding diaryl/α,β-unsaturated/α-hetero) is 1. The molecule has 0 radical (unpaired) electrons. The molecule has 0 N–H and O–H groups in total. The number of aryl methyl sites for hydroxylation is 2. The number of hydrogen-bond donors (Lipinski definition) is 0. The van der Waals surface area contributed by atoms with E-state index < -0.39 is 15.1 Å². The summed E-state index contributed by atoms with van der Waals surface area (Å²) in [5.41, 5.74) is 0.925.